The van der Waals surface area contributed by atoms with E-state index in [2.05, 4.69) is 35.8 Å². The lowest BCUT2D eigenvalue weighted by atomic mass is 9.68. The van der Waals surface area contributed by atoms with Gasteiger partial charge in [0, 0.05) is 35.8 Å². The molecule has 8 heteroatoms. The lowest BCUT2D eigenvalue weighted by Gasteiger charge is -2.43. The second kappa shape index (κ2) is 11.0. The molecule has 0 bridgehead atoms. The minimum atomic E-state index is -0.572. The van der Waals surface area contributed by atoms with Gasteiger partial charge >= 0.3 is 0 Å². The van der Waals surface area contributed by atoms with Crippen LogP contribution in [0.2, 0.25) is 0 Å². The zero-order valence-electron chi connectivity index (χ0n) is 21.6. The van der Waals surface area contributed by atoms with Crippen LogP contribution < -0.4 is 15.2 Å². The molecule has 2 N–H and O–H groups in total. The van der Waals surface area contributed by atoms with Gasteiger partial charge in [0.1, 0.15) is 12.4 Å². The zero-order chi connectivity index (χ0) is 26.7. The van der Waals surface area contributed by atoms with Crippen LogP contribution in [-0.2, 0) is 16.1 Å². The number of ketones is 1. The second-order valence-corrected chi connectivity index (χ2v) is 11.0. The maximum Gasteiger partial charge on any atom is 0.162 e. The standard InChI is InChI=1S/C29H32BrN3O4/c1-29(2)14-22-27(23(34)15-29)26(21(16-31)28(32)33(22)11-12-35-3)19-7-10-24(25(13-19)36-4)37-17-18-5-8-20(30)9-6-18/h5-10,13,26H,11-12,14-15,17,32H2,1-4H3/t26-/m1/s1. The molecule has 0 saturated carbocycles. The van der Waals surface area contributed by atoms with E-state index in [0.717, 1.165) is 21.3 Å². The van der Waals surface area contributed by atoms with E-state index >= 15 is 0 Å². The average molecular weight is 566 g/mol. The van der Waals surface area contributed by atoms with E-state index in [1.165, 1.54) is 0 Å². The Morgan fingerprint density at radius 2 is 1.86 bits per heavy atom. The van der Waals surface area contributed by atoms with Crippen LogP contribution in [-0.4, -0.2) is 38.1 Å². The molecule has 2 aromatic carbocycles. The number of hydrogen-bond acceptors (Lipinski definition) is 7. The molecular formula is C29H32BrN3O4. The molecule has 0 saturated heterocycles. The number of nitriles is 1. The van der Waals surface area contributed by atoms with Crippen LogP contribution in [0.1, 0.15) is 43.7 Å². The van der Waals surface area contributed by atoms with E-state index in [4.69, 9.17) is 19.9 Å². The number of allylic oxidation sites excluding steroid dienone is 3. The molecule has 0 amide bonds. The first kappa shape index (κ1) is 26.8. The van der Waals surface area contributed by atoms with Gasteiger partial charge in [-0.3, -0.25) is 4.79 Å². The van der Waals surface area contributed by atoms with Gasteiger partial charge < -0.3 is 24.8 Å². The van der Waals surface area contributed by atoms with Crippen molar-refractivity contribution >= 4 is 21.7 Å². The van der Waals surface area contributed by atoms with Crippen molar-refractivity contribution in [1.29, 1.82) is 5.26 Å². The van der Waals surface area contributed by atoms with Crippen molar-refractivity contribution in [3.63, 3.8) is 0 Å². The maximum absolute atomic E-state index is 13.6. The van der Waals surface area contributed by atoms with E-state index in [1.54, 1.807) is 14.2 Å². The fourth-order valence-electron chi connectivity index (χ4n) is 5.07. The van der Waals surface area contributed by atoms with Gasteiger partial charge in [-0.1, -0.05) is 48.0 Å². The number of halogens is 1. The summed E-state index contributed by atoms with van der Waals surface area (Å²) in [5.74, 6) is 0.930. The topological polar surface area (TPSA) is 97.8 Å². The lowest BCUT2D eigenvalue weighted by Crippen LogP contribution is -2.43. The van der Waals surface area contributed by atoms with Crippen LogP contribution in [0.5, 0.6) is 11.5 Å². The molecule has 7 nitrogen and oxygen atoms in total. The highest BCUT2D eigenvalue weighted by molar-refractivity contribution is 9.10. The molecule has 0 unspecified atom stereocenters. The number of methoxy groups -OCH3 is 2. The third-order valence-electron chi connectivity index (χ3n) is 6.83. The zero-order valence-corrected chi connectivity index (χ0v) is 23.2. The molecule has 37 heavy (non-hydrogen) atoms. The summed E-state index contributed by atoms with van der Waals surface area (Å²) in [7, 11) is 3.20. The Labute approximate surface area is 226 Å². The fraction of sp³-hybridized carbons (Fsp3) is 0.379. The molecule has 0 spiro atoms. The van der Waals surface area contributed by atoms with E-state index in [0.29, 0.717) is 61.1 Å². The normalized spacial score (nSPS) is 19.0. The Bertz CT molecular complexity index is 1290. The molecule has 1 heterocycles. The molecule has 0 radical (unpaired) electrons. The largest absolute Gasteiger partial charge is 0.493 e. The minimum absolute atomic E-state index is 0.0356. The molecule has 2 aliphatic rings. The summed E-state index contributed by atoms with van der Waals surface area (Å²) in [5, 5.41) is 10.2. The van der Waals surface area contributed by atoms with Crippen LogP contribution in [0.3, 0.4) is 0 Å². The van der Waals surface area contributed by atoms with Gasteiger partial charge in [0.05, 0.1) is 31.3 Å². The summed E-state index contributed by atoms with van der Waals surface area (Å²) in [6, 6.07) is 15.7. The van der Waals surface area contributed by atoms with Crippen LogP contribution in [0.15, 0.2) is 69.6 Å². The van der Waals surface area contributed by atoms with Crippen molar-refractivity contribution < 1.29 is 19.0 Å². The monoisotopic (exact) mass is 565 g/mol. The third kappa shape index (κ3) is 5.53. The van der Waals surface area contributed by atoms with Gasteiger partial charge in [-0.05, 0) is 47.2 Å². The third-order valence-corrected chi connectivity index (χ3v) is 7.36. The molecular weight excluding hydrogens is 534 g/mol. The highest BCUT2D eigenvalue weighted by Gasteiger charge is 2.44. The molecule has 1 atom stereocenters. The van der Waals surface area contributed by atoms with E-state index in [1.807, 2.05) is 47.4 Å². The first-order valence-corrected chi connectivity index (χ1v) is 13.0. The van der Waals surface area contributed by atoms with Gasteiger partial charge in [-0.25, -0.2) is 0 Å². The summed E-state index contributed by atoms with van der Waals surface area (Å²) >= 11 is 3.44. The molecule has 1 aliphatic heterocycles. The predicted octanol–water partition coefficient (Wildman–Crippen LogP) is 5.42. The number of rotatable bonds is 8. The Kier molecular flexibility index (Phi) is 7.96. The SMILES string of the molecule is COCCN1C(N)=C(C#N)[C@@H](c2ccc(OCc3ccc(Br)cc3)c(OC)c2)C2=C1CC(C)(C)CC2=O. The first-order valence-electron chi connectivity index (χ1n) is 12.2. The highest BCUT2D eigenvalue weighted by Crippen LogP contribution is 2.49. The van der Waals surface area contributed by atoms with E-state index < -0.39 is 5.92 Å². The Hall–Kier alpha value is -3.28. The average Bonchev–Trinajstić information content (AvgIpc) is 2.86. The van der Waals surface area contributed by atoms with Crippen molar-refractivity contribution in [2.24, 2.45) is 11.1 Å². The smallest absolute Gasteiger partial charge is 0.162 e. The summed E-state index contributed by atoms with van der Waals surface area (Å²) in [6.07, 6.45) is 1.09. The minimum Gasteiger partial charge on any atom is -0.493 e. The van der Waals surface area contributed by atoms with Gasteiger partial charge in [-0.2, -0.15) is 5.26 Å². The predicted molar refractivity (Wildman–Crippen MR) is 145 cm³/mol. The number of nitrogens with two attached hydrogens (primary N) is 1. The quantitative estimate of drug-likeness (QED) is 0.456. The second-order valence-electron chi connectivity index (χ2n) is 10.1. The lowest BCUT2D eigenvalue weighted by molar-refractivity contribution is -0.118. The van der Waals surface area contributed by atoms with Crippen molar-refractivity contribution in [1.82, 2.24) is 4.90 Å². The number of Topliss-reactive ketones (excluding diaryl/α,β-unsaturated/α-hetero) is 1. The van der Waals surface area contributed by atoms with Crippen molar-refractivity contribution in [2.75, 3.05) is 27.4 Å². The summed E-state index contributed by atoms with van der Waals surface area (Å²) in [5.41, 5.74) is 10.0. The number of carbonyl (C=O) groups is 1. The Morgan fingerprint density at radius 1 is 1.14 bits per heavy atom. The number of benzene rings is 2. The van der Waals surface area contributed by atoms with Gasteiger partial charge in [0.2, 0.25) is 0 Å². The number of carbonyl (C=O) groups excluding carboxylic acids is 1. The Balaban J connectivity index is 1.74. The number of hydrogen-bond donors (Lipinski definition) is 1. The van der Waals surface area contributed by atoms with Crippen LogP contribution >= 0.6 is 15.9 Å². The summed E-state index contributed by atoms with van der Waals surface area (Å²) in [6.45, 7) is 5.43. The highest BCUT2D eigenvalue weighted by atomic mass is 79.9. The van der Waals surface area contributed by atoms with Gasteiger partial charge in [0.15, 0.2) is 17.3 Å². The number of nitrogens with zero attached hydrogens (tertiary/aromatic N) is 2. The van der Waals surface area contributed by atoms with Crippen molar-refractivity contribution in [2.45, 2.75) is 39.2 Å². The molecule has 1 aliphatic carbocycles. The molecule has 0 aromatic heterocycles. The molecule has 0 fully saturated rings. The van der Waals surface area contributed by atoms with Crippen LogP contribution in [0.25, 0.3) is 0 Å². The first-order chi connectivity index (χ1) is 17.7. The fourth-order valence-corrected chi connectivity index (χ4v) is 5.34. The molecule has 4 rings (SSSR count). The summed E-state index contributed by atoms with van der Waals surface area (Å²) < 4.78 is 18.0. The molecule has 2 aromatic rings. The van der Waals surface area contributed by atoms with Gasteiger partial charge in [0.25, 0.3) is 0 Å². The van der Waals surface area contributed by atoms with Crippen molar-refractivity contribution in [3.8, 4) is 17.6 Å². The van der Waals surface area contributed by atoms with Crippen LogP contribution in [0, 0.1) is 16.7 Å². The van der Waals surface area contributed by atoms with Gasteiger partial charge in [-0.15, -0.1) is 0 Å². The van der Waals surface area contributed by atoms with E-state index in [9.17, 15) is 10.1 Å². The van der Waals surface area contributed by atoms with Crippen molar-refractivity contribution in [3.05, 3.63) is 80.7 Å². The maximum atomic E-state index is 13.6. The molecule has 194 valence electrons. The van der Waals surface area contributed by atoms with E-state index in [-0.39, 0.29) is 11.2 Å². The summed E-state index contributed by atoms with van der Waals surface area (Å²) in [4.78, 5) is 15.5. The Morgan fingerprint density at radius 3 is 2.51 bits per heavy atom. The van der Waals surface area contributed by atoms with Crippen LogP contribution in [0.4, 0.5) is 0 Å². The number of ether oxygens (including phenoxy) is 3.